The molecule has 0 spiro atoms. The van der Waals surface area contributed by atoms with Crippen LogP contribution in [-0.4, -0.2) is 41.0 Å². The predicted molar refractivity (Wildman–Crippen MR) is 113 cm³/mol. The number of benzene rings is 2. The van der Waals surface area contributed by atoms with Crippen molar-refractivity contribution < 1.29 is 19.1 Å². The molecule has 2 N–H and O–H groups in total. The van der Waals surface area contributed by atoms with Crippen LogP contribution in [-0.2, 0) is 10.2 Å². The Labute approximate surface area is 175 Å². The summed E-state index contributed by atoms with van der Waals surface area (Å²) in [6, 6.07) is 13.2. The molecule has 5 nitrogen and oxygen atoms in total. The summed E-state index contributed by atoms with van der Waals surface area (Å²) in [5, 5.41) is 12.7. The van der Waals surface area contributed by atoms with E-state index in [0.29, 0.717) is 37.2 Å². The normalized spacial score (nSPS) is 18.9. The van der Waals surface area contributed by atoms with Crippen molar-refractivity contribution in [3.05, 3.63) is 65.5 Å². The van der Waals surface area contributed by atoms with Gasteiger partial charge in [-0.25, -0.2) is 4.39 Å². The number of amides is 2. The van der Waals surface area contributed by atoms with Crippen LogP contribution in [0.2, 0.25) is 0 Å². The van der Waals surface area contributed by atoms with Crippen molar-refractivity contribution in [2.24, 2.45) is 0 Å². The molecule has 0 atom stereocenters. The maximum absolute atomic E-state index is 13.4. The van der Waals surface area contributed by atoms with Gasteiger partial charge in [0, 0.05) is 24.3 Å². The molecule has 0 unspecified atom stereocenters. The molecule has 2 fully saturated rings. The number of hydrogen-bond acceptors (Lipinski definition) is 3. The lowest BCUT2D eigenvalue weighted by Gasteiger charge is -2.30. The van der Waals surface area contributed by atoms with Crippen LogP contribution in [0.4, 0.5) is 10.1 Å². The number of carbonyl (C=O) groups excluding carboxylic acids is 2. The second kappa shape index (κ2) is 8.56. The molecular weight excluding hydrogens is 383 g/mol. The minimum atomic E-state index is -0.670. The minimum absolute atomic E-state index is 0.0906. The van der Waals surface area contributed by atoms with E-state index in [1.54, 1.807) is 41.3 Å². The number of aliphatic hydroxyl groups is 1. The molecule has 158 valence electrons. The third-order valence-electron chi connectivity index (χ3n) is 6.41. The largest absolute Gasteiger partial charge is 0.393 e. The highest BCUT2D eigenvalue weighted by atomic mass is 19.1. The van der Waals surface area contributed by atoms with Crippen LogP contribution >= 0.6 is 0 Å². The molecule has 6 heteroatoms. The van der Waals surface area contributed by atoms with Gasteiger partial charge in [-0.1, -0.05) is 31.0 Å². The van der Waals surface area contributed by atoms with Crippen LogP contribution in [0.25, 0.3) is 0 Å². The van der Waals surface area contributed by atoms with Crippen LogP contribution < -0.4 is 5.32 Å². The summed E-state index contributed by atoms with van der Waals surface area (Å²) < 4.78 is 13.4. The Morgan fingerprint density at radius 1 is 1.03 bits per heavy atom. The van der Waals surface area contributed by atoms with Gasteiger partial charge in [0.2, 0.25) is 5.91 Å². The first-order valence-electron chi connectivity index (χ1n) is 10.6. The third-order valence-corrected chi connectivity index (χ3v) is 6.41. The van der Waals surface area contributed by atoms with E-state index in [1.807, 2.05) is 0 Å². The quantitative estimate of drug-likeness (QED) is 0.804. The van der Waals surface area contributed by atoms with Crippen LogP contribution in [0.5, 0.6) is 0 Å². The number of nitrogens with zero attached hydrogens (tertiary/aromatic N) is 1. The molecule has 30 heavy (non-hydrogen) atoms. The number of aliphatic hydroxyl groups excluding tert-OH is 1. The highest BCUT2D eigenvalue weighted by Crippen LogP contribution is 2.42. The minimum Gasteiger partial charge on any atom is -0.393 e. The van der Waals surface area contributed by atoms with Gasteiger partial charge < -0.3 is 15.3 Å². The van der Waals surface area contributed by atoms with Gasteiger partial charge in [0.05, 0.1) is 11.5 Å². The van der Waals surface area contributed by atoms with Crippen LogP contribution in [0, 0.1) is 5.82 Å². The van der Waals surface area contributed by atoms with E-state index in [2.05, 4.69) is 5.32 Å². The topological polar surface area (TPSA) is 69.6 Å². The number of nitrogens with one attached hydrogen (secondary N) is 1. The van der Waals surface area contributed by atoms with Gasteiger partial charge in [-0.3, -0.25) is 9.59 Å². The van der Waals surface area contributed by atoms with E-state index in [0.717, 1.165) is 31.2 Å². The molecule has 0 bridgehead atoms. The van der Waals surface area contributed by atoms with Crippen LogP contribution in [0.15, 0.2) is 48.5 Å². The Hall–Kier alpha value is -2.73. The van der Waals surface area contributed by atoms with Gasteiger partial charge in [0.15, 0.2) is 0 Å². The van der Waals surface area contributed by atoms with Gasteiger partial charge in [-0.2, -0.15) is 0 Å². The van der Waals surface area contributed by atoms with E-state index in [1.165, 1.54) is 12.1 Å². The fraction of sp³-hybridized carbons (Fsp3) is 0.417. The Kier molecular flexibility index (Phi) is 5.86. The van der Waals surface area contributed by atoms with Crippen molar-refractivity contribution in [3.8, 4) is 0 Å². The Balaban J connectivity index is 1.52. The third kappa shape index (κ3) is 4.10. The molecular formula is C24H27FN2O3. The van der Waals surface area contributed by atoms with Gasteiger partial charge in [-0.15, -0.1) is 0 Å². The number of piperidine rings is 1. The van der Waals surface area contributed by atoms with E-state index >= 15 is 0 Å². The average Bonchev–Trinajstić information content (AvgIpc) is 3.26. The molecule has 0 aromatic heterocycles. The van der Waals surface area contributed by atoms with Crippen LogP contribution in [0.1, 0.15) is 54.4 Å². The summed E-state index contributed by atoms with van der Waals surface area (Å²) in [5.41, 5.74) is 1.26. The fourth-order valence-electron chi connectivity index (χ4n) is 4.63. The summed E-state index contributed by atoms with van der Waals surface area (Å²) in [6.07, 6.45) is 4.17. The smallest absolute Gasteiger partial charge is 0.253 e. The first-order chi connectivity index (χ1) is 14.5. The Bertz CT molecular complexity index is 914. The van der Waals surface area contributed by atoms with Crippen molar-refractivity contribution in [1.29, 1.82) is 0 Å². The maximum Gasteiger partial charge on any atom is 0.253 e. The van der Waals surface area contributed by atoms with Gasteiger partial charge >= 0.3 is 0 Å². The number of hydrogen-bond donors (Lipinski definition) is 2. The summed E-state index contributed by atoms with van der Waals surface area (Å²) in [5.74, 6) is -0.520. The molecule has 2 aromatic carbocycles. The van der Waals surface area contributed by atoms with E-state index in [-0.39, 0.29) is 23.7 Å². The number of halogens is 1. The molecule has 1 aliphatic carbocycles. The van der Waals surface area contributed by atoms with Crippen molar-refractivity contribution >= 4 is 17.5 Å². The molecule has 1 aliphatic heterocycles. The molecule has 2 aromatic rings. The Morgan fingerprint density at radius 2 is 1.70 bits per heavy atom. The summed E-state index contributed by atoms with van der Waals surface area (Å²) >= 11 is 0. The predicted octanol–water partition coefficient (Wildman–Crippen LogP) is 3.87. The van der Waals surface area contributed by atoms with Crippen LogP contribution in [0.3, 0.4) is 0 Å². The zero-order valence-electron chi connectivity index (χ0n) is 16.9. The van der Waals surface area contributed by atoms with E-state index in [9.17, 15) is 19.1 Å². The number of likely N-dealkylation sites (tertiary alicyclic amines) is 1. The lowest BCUT2D eigenvalue weighted by molar-refractivity contribution is -0.121. The second-order valence-electron chi connectivity index (χ2n) is 8.35. The molecule has 1 saturated heterocycles. The zero-order valence-corrected chi connectivity index (χ0v) is 16.9. The number of carbonyl (C=O) groups is 2. The maximum atomic E-state index is 13.4. The summed E-state index contributed by atoms with van der Waals surface area (Å²) in [4.78, 5) is 27.9. The Morgan fingerprint density at radius 3 is 2.37 bits per heavy atom. The molecule has 4 rings (SSSR count). The van der Waals surface area contributed by atoms with Gasteiger partial charge in [0.1, 0.15) is 5.82 Å². The van der Waals surface area contributed by atoms with E-state index < -0.39 is 5.41 Å². The van der Waals surface area contributed by atoms with Crippen molar-refractivity contribution in [3.63, 3.8) is 0 Å². The standard InChI is InChI=1S/C24H27FN2O3/c25-19-8-6-18(7-9-19)24(12-1-2-13-24)23(30)26-20-5-3-4-17(16-20)22(29)27-14-10-21(28)11-15-27/h3-9,16,21,28H,1-2,10-15H2,(H,26,30). The highest BCUT2D eigenvalue weighted by Gasteiger charge is 2.42. The molecule has 0 radical (unpaired) electrons. The zero-order chi connectivity index (χ0) is 21.1. The van der Waals surface area contributed by atoms with Gasteiger partial charge in [-0.05, 0) is 61.6 Å². The second-order valence-corrected chi connectivity index (χ2v) is 8.35. The SMILES string of the molecule is O=C(c1cccc(NC(=O)C2(c3ccc(F)cc3)CCCC2)c1)N1CCC(O)CC1. The number of anilines is 1. The lowest BCUT2D eigenvalue weighted by atomic mass is 9.78. The average molecular weight is 410 g/mol. The molecule has 2 amide bonds. The highest BCUT2D eigenvalue weighted by molar-refractivity contribution is 6.01. The lowest BCUT2D eigenvalue weighted by Crippen LogP contribution is -2.40. The van der Waals surface area contributed by atoms with Crippen molar-refractivity contribution in [2.75, 3.05) is 18.4 Å². The summed E-state index contributed by atoms with van der Waals surface area (Å²) in [6.45, 7) is 1.06. The first kappa shape index (κ1) is 20.5. The fourth-order valence-corrected chi connectivity index (χ4v) is 4.63. The molecule has 1 heterocycles. The van der Waals surface area contributed by atoms with Crippen molar-refractivity contribution in [2.45, 2.75) is 50.0 Å². The monoisotopic (exact) mass is 410 g/mol. The van der Waals surface area contributed by atoms with Crippen molar-refractivity contribution in [1.82, 2.24) is 4.90 Å². The molecule has 1 saturated carbocycles. The number of rotatable bonds is 4. The summed E-state index contributed by atoms with van der Waals surface area (Å²) in [7, 11) is 0. The first-order valence-corrected chi connectivity index (χ1v) is 10.6. The molecule has 2 aliphatic rings. The van der Waals surface area contributed by atoms with E-state index in [4.69, 9.17) is 0 Å². The van der Waals surface area contributed by atoms with Gasteiger partial charge in [0.25, 0.3) is 5.91 Å².